The van der Waals surface area contributed by atoms with Crippen LogP contribution in [0.2, 0.25) is 0 Å². The summed E-state index contributed by atoms with van der Waals surface area (Å²) in [5.41, 5.74) is 0. The second-order valence-corrected chi connectivity index (χ2v) is 5.92. The van der Waals surface area contributed by atoms with Gasteiger partial charge in [0.2, 0.25) is 0 Å². The first-order chi connectivity index (χ1) is 8.66. The molecule has 2 atom stereocenters. The number of hydrogen-bond acceptors (Lipinski definition) is 3. The summed E-state index contributed by atoms with van der Waals surface area (Å²) in [6.45, 7) is 7.96. The van der Waals surface area contributed by atoms with E-state index in [0.29, 0.717) is 12.0 Å². The molecule has 18 heavy (non-hydrogen) atoms. The van der Waals surface area contributed by atoms with Crippen LogP contribution in [0.3, 0.4) is 0 Å². The fraction of sp³-hybridized carbons (Fsp3) is 0.929. The second-order valence-electron chi connectivity index (χ2n) is 5.92. The number of rotatable bonds is 3. The number of nitrogens with one attached hydrogen (secondary N) is 1. The van der Waals surface area contributed by atoms with Gasteiger partial charge in [0.15, 0.2) is 0 Å². The molecule has 0 aromatic heterocycles. The molecular formula is C14H26N2O2. The Morgan fingerprint density at radius 1 is 1.44 bits per heavy atom. The van der Waals surface area contributed by atoms with Crippen molar-refractivity contribution >= 4 is 5.91 Å². The van der Waals surface area contributed by atoms with Crippen molar-refractivity contribution in [1.29, 1.82) is 0 Å². The van der Waals surface area contributed by atoms with Gasteiger partial charge < -0.3 is 15.0 Å². The molecule has 0 spiro atoms. The van der Waals surface area contributed by atoms with Crippen LogP contribution in [-0.2, 0) is 9.53 Å². The summed E-state index contributed by atoms with van der Waals surface area (Å²) in [6.07, 6.45) is 3.94. The van der Waals surface area contributed by atoms with Crippen molar-refractivity contribution in [1.82, 2.24) is 10.2 Å². The largest absolute Gasteiger partial charge is 0.368 e. The SMILES string of the molecule is CC(C)CC1CN(C(=O)C2CCCO2)CCCN1. The number of carbonyl (C=O) groups excluding carboxylic acids is 1. The third-order valence-electron chi connectivity index (χ3n) is 3.75. The Balaban J connectivity index is 1.91. The molecule has 104 valence electrons. The van der Waals surface area contributed by atoms with Crippen LogP contribution in [-0.4, -0.2) is 49.2 Å². The first-order valence-electron chi connectivity index (χ1n) is 7.30. The summed E-state index contributed by atoms with van der Waals surface area (Å²) in [7, 11) is 0. The van der Waals surface area contributed by atoms with Crippen molar-refractivity contribution < 1.29 is 9.53 Å². The maximum absolute atomic E-state index is 12.4. The van der Waals surface area contributed by atoms with Crippen molar-refractivity contribution in [2.45, 2.75) is 51.7 Å². The fourth-order valence-corrected chi connectivity index (χ4v) is 2.90. The zero-order chi connectivity index (χ0) is 13.0. The van der Waals surface area contributed by atoms with E-state index in [1.165, 1.54) is 0 Å². The van der Waals surface area contributed by atoms with Crippen molar-refractivity contribution in [2.24, 2.45) is 5.92 Å². The highest BCUT2D eigenvalue weighted by atomic mass is 16.5. The maximum atomic E-state index is 12.4. The lowest BCUT2D eigenvalue weighted by atomic mass is 10.0. The van der Waals surface area contributed by atoms with Crippen LogP contribution < -0.4 is 5.32 Å². The van der Waals surface area contributed by atoms with E-state index in [9.17, 15) is 4.79 Å². The van der Waals surface area contributed by atoms with Crippen LogP contribution >= 0.6 is 0 Å². The van der Waals surface area contributed by atoms with Gasteiger partial charge in [-0.25, -0.2) is 0 Å². The molecule has 0 aromatic rings. The number of hydrogen-bond donors (Lipinski definition) is 1. The van der Waals surface area contributed by atoms with Gasteiger partial charge in [-0.15, -0.1) is 0 Å². The molecule has 0 aromatic carbocycles. The topological polar surface area (TPSA) is 41.6 Å². The van der Waals surface area contributed by atoms with E-state index in [1.54, 1.807) is 0 Å². The summed E-state index contributed by atoms with van der Waals surface area (Å²) in [5, 5.41) is 3.55. The van der Waals surface area contributed by atoms with Crippen LogP contribution in [0.25, 0.3) is 0 Å². The summed E-state index contributed by atoms with van der Waals surface area (Å²) in [6, 6.07) is 0.442. The van der Waals surface area contributed by atoms with Gasteiger partial charge >= 0.3 is 0 Å². The third-order valence-corrected chi connectivity index (χ3v) is 3.75. The molecule has 0 saturated carbocycles. The quantitative estimate of drug-likeness (QED) is 0.828. The van der Waals surface area contributed by atoms with Gasteiger partial charge in [0.25, 0.3) is 5.91 Å². The molecule has 2 saturated heterocycles. The summed E-state index contributed by atoms with van der Waals surface area (Å²) in [4.78, 5) is 14.4. The van der Waals surface area contributed by atoms with E-state index in [-0.39, 0.29) is 12.0 Å². The van der Waals surface area contributed by atoms with Gasteiger partial charge in [0.1, 0.15) is 6.10 Å². The average Bonchev–Trinajstić information content (AvgIpc) is 2.75. The number of carbonyl (C=O) groups is 1. The molecule has 2 aliphatic rings. The highest BCUT2D eigenvalue weighted by Crippen LogP contribution is 2.17. The molecule has 1 N–H and O–H groups in total. The van der Waals surface area contributed by atoms with Crippen LogP contribution in [0.5, 0.6) is 0 Å². The van der Waals surface area contributed by atoms with Crippen molar-refractivity contribution in [3.05, 3.63) is 0 Å². The summed E-state index contributed by atoms with van der Waals surface area (Å²) in [5.74, 6) is 0.880. The Hall–Kier alpha value is -0.610. The monoisotopic (exact) mass is 254 g/mol. The zero-order valence-electron chi connectivity index (χ0n) is 11.7. The van der Waals surface area contributed by atoms with Crippen LogP contribution in [0, 0.1) is 5.92 Å². The minimum atomic E-state index is -0.164. The molecule has 0 bridgehead atoms. The number of ether oxygens (including phenoxy) is 1. The molecule has 1 amide bonds. The Kier molecular flexibility index (Phi) is 5.01. The Labute approximate surface area is 110 Å². The van der Waals surface area contributed by atoms with Gasteiger partial charge in [-0.05, 0) is 38.1 Å². The maximum Gasteiger partial charge on any atom is 0.251 e. The zero-order valence-corrected chi connectivity index (χ0v) is 11.7. The lowest BCUT2D eigenvalue weighted by Crippen LogP contribution is -2.45. The van der Waals surface area contributed by atoms with Gasteiger partial charge in [-0.2, -0.15) is 0 Å². The molecule has 2 aliphatic heterocycles. The predicted molar refractivity (Wildman–Crippen MR) is 71.4 cm³/mol. The highest BCUT2D eigenvalue weighted by Gasteiger charge is 2.30. The number of nitrogens with zero attached hydrogens (tertiary/aromatic N) is 1. The third kappa shape index (κ3) is 3.69. The van der Waals surface area contributed by atoms with Crippen molar-refractivity contribution in [3.8, 4) is 0 Å². The summed E-state index contributed by atoms with van der Waals surface area (Å²) < 4.78 is 5.51. The fourth-order valence-electron chi connectivity index (χ4n) is 2.90. The minimum absolute atomic E-state index is 0.164. The smallest absolute Gasteiger partial charge is 0.251 e. The summed E-state index contributed by atoms with van der Waals surface area (Å²) >= 11 is 0. The minimum Gasteiger partial charge on any atom is -0.368 e. The normalized spacial score (nSPS) is 29.6. The van der Waals surface area contributed by atoms with Gasteiger partial charge in [-0.3, -0.25) is 4.79 Å². The average molecular weight is 254 g/mol. The second kappa shape index (κ2) is 6.53. The Morgan fingerprint density at radius 2 is 2.28 bits per heavy atom. The first kappa shape index (κ1) is 13.8. The highest BCUT2D eigenvalue weighted by molar-refractivity contribution is 5.81. The van der Waals surface area contributed by atoms with Gasteiger partial charge in [-0.1, -0.05) is 13.8 Å². The molecule has 0 aliphatic carbocycles. The van der Waals surface area contributed by atoms with Gasteiger partial charge in [0, 0.05) is 25.7 Å². The lowest BCUT2D eigenvalue weighted by Gasteiger charge is -2.27. The van der Waals surface area contributed by atoms with E-state index in [1.807, 2.05) is 4.90 Å². The van der Waals surface area contributed by atoms with E-state index in [0.717, 1.165) is 51.9 Å². The molecule has 2 fully saturated rings. The van der Waals surface area contributed by atoms with Crippen molar-refractivity contribution in [2.75, 3.05) is 26.2 Å². The molecule has 4 heteroatoms. The molecule has 2 heterocycles. The molecule has 2 rings (SSSR count). The molecular weight excluding hydrogens is 228 g/mol. The lowest BCUT2D eigenvalue weighted by molar-refractivity contribution is -0.141. The van der Waals surface area contributed by atoms with Gasteiger partial charge in [0.05, 0.1) is 0 Å². The molecule has 0 radical (unpaired) electrons. The molecule has 4 nitrogen and oxygen atoms in total. The first-order valence-corrected chi connectivity index (χ1v) is 7.30. The van der Waals surface area contributed by atoms with Crippen molar-refractivity contribution in [3.63, 3.8) is 0 Å². The predicted octanol–water partition coefficient (Wildman–Crippen LogP) is 1.40. The Bertz CT molecular complexity index is 275. The molecule has 2 unspecified atom stereocenters. The van der Waals surface area contributed by atoms with Crippen LogP contribution in [0.1, 0.15) is 39.5 Å². The van der Waals surface area contributed by atoms with E-state index in [4.69, 9.17) is 4.74 Å². The number of amides is 1. The van der Waals surface area contributed by atoms with Crippen LogP contribution in [0.15, 0.2) is 0 Å². The standard InChI is InChI=1S/C14H26N2O2/c1-11(2)9-12-10-16(7-4-6-15-12)14(17)13-5-3-8-18-13/h11-13,15H,3-10H2,1-2H3. The van der Waals surface area contributed by atoms with E-state index in [2.05, 4.69) is 19.2 Å². The van der Waals surface area contributed by atoms with E-state index >= 15 is 0 Å². The Morgan fingerprint density at radius 3 is 2.94 bits per heavy atom. The van der Waals surface area contributed by atoms with Crippen LogP contribution in [0.4, 0.5) is 0 Å². The van der Waals surface area contributed by atoms with E-state index < -0.39 is 0 Å².